The molecule has 1 atom stereocenters. The van der Waals surface area contributed by atoms with Gasteiger partial charge in [-0.25, -0.2) is 0 Å². The minimum Gasteiger partial charge on any atom is -0.397 e. The highest BCUT2D eigenvalue weighted by molar-refractivity contribution is 5.51. The van der Waals surface area contributed by atoms with Crippen LogP contribution in [-0.2, 0) is 0 Å². The Labute approximate surface area is 108 Å². The molecular weight excluding hydrogens is 222 g/mol. The van der Waals surface area contributed by atoms with Gasteiger partial charge in [-0.2, -0.15) is 0 Å². The van der Waals surface area contributed by atoms with Crippen molar-refractivity contribution in [1.82, 2.24) is 4.98 Å². The molecule has 0 aliphatic rings. The number of nitrogens with zero attached hydrogens (tertiary/aromatic N) is 1. The molecule has 0 spiro atoms. The number of nitrogens with two attached hydrogens (primary N) is 1. The fourth-order valence-electron chi connectivity index (χ4n) is 1.94. The summed E-state index contributed by atoms with van der Waals surface area (Å²) in [6, 6.07) is 12.5. The van der Waals surface area contributed by atoms with E-state index in [1.165, 1.54) is 5.56 Å². The van der Waals surface area contributed by atoms with Crippen LogP contribution in [0.1, 0.15) is 24.8 Å². The maximum absolute atomic E-state index is 5.68. The lowest BCUT2D eigenvalue weighted by molar-refractivity contribution is 0.706. The van der Waals surface area contributed by atoms with Crippen LogP contribution in [0.2, 0.25) is 0 Å². The van der Waals surface area contributed by atoms with Crippen LogP contribution >= 0.6 is 0 Å². The van der Waals surface area contributed by atoms with Gasteiger partial charge in [-0.3, -0.25) is 4.98 Å². The molecule has 0 aliphatic carbocycles. The summed E-state index contributed by atoms with van der Waals surface area (Å²) in [5.41, 5.74) is 8.73. The fraction of sp³-hybridized carbons (Fsp3) is 0.267. The van der Waals surface area contributed by atoms with Gasteiger partial charge < -0.3 is 11.1 Å². The Morgan fingerprint density at radius 2 is 2.00 bits per heavy atom. The molecule has 2 rings (SSSR count). The highest BCUT2D eigenvalue weighted by Gasteiger charge is 2.04. The number of pyridine rings is 1. The predicted octanol–water partition coefficient (Wildman–Crippen LogP) is 3.27. The smallest absolute Gasteiger partial charge is 0.0547 e. The van der Waals surface area contributed by atoms with E-state index in [2.05, 4.69) is 41.5 Å². The van der Waals surface area contributed by atoms with E-state index in [4.69, 9.17) is 5.73 Å². The molecule has 1 unspecified atom stereocenters. The number of anilines is 2. The summed E-state index contributed by atoms with van der Waals surface area (Å²) in [6.07, 6.45) is 4.53. The molecule has 2 aromatic rings. The molecule has 0 bridgehead atoms. The Hall–Kier alpha value is -2.03. The Morgan fingerprint density at radius 3 is 2.72 bits per heavy atom. The van der Waals surface area contributed by atoms with Crippen LogP contribution in [0.3, 0.4) is 0 Å². The maximum Gasteiger partial charge on any atom is 0.0547 e. The van der Waals surface area contributed by atoms with Crippen molar-refractivity contribution in [3.63, 3.8) is 0 Å². The first-order valence-electron chi connectivity index (χ1n) is 6.25. The van der Waals surface area contributed by atoms with Crippen molar-refractivity contribution in [3.05, 3.63) is 54.4 Å². The van der Waals surface area contributed by atoms with Crippen LogP contribution < -0.4 is 11.1 Å². The van der Waals surface area contributed by atoms with Gasteiger partial charge >= 0.3 is 0 Å². The number of aromatic nitrogens is 1. The third kappa shape index (κ3) is 3.48. The molecule has 3 heteroatoms. The predicted molar refractivity (Wildman–Crippen MR) is 76.6 cm³/mol. The topological polar surface area (TPSA) is 50.9 Å². The van der Waals surface area contributed by atoms with Gasteiger partial charge in [0.2, 0.25) is 0 Å². The van der Waals surface area contributed by atoms with Gasteiger partial charge in [0.05, 0.1) is 17.6 Å². The summed E-state index contributed by atoms with van der Waals surface area (Å²) in [6.45, 7) is 3.16. The van der Waals surface area contributed by atoms with Crippen LogP contribution in [0.25, 0.3) is 0 Å². The monoisotopic (exact) mass is 241 g/mol. The van der Waals surface area contributed by atoms with Crippen molar-refractivity contribution < 1.29 is 0 Å². The van der Waals surface area contributed by atoms with Crippen molar-refractivity contribution in [2.45, 2.75) is 19.3 Å². The maximum atomic E-state index is 5.68. The lowest BCUT2D eigenvalue weighted by Crippen LogP contribution is -2.06. The molecule has 1 aromatic carbocycles. The van der Waals surface area contributed by atoms with E-state index in [9.17, 15) is 0 Å². The van der Waals surface area contributed by atoms with E-state index in [0.29, 0.717) is 11.6 Å². The first kappa shape index (κ1) is 12.4. The summed E-state index contributed by atoms with van der Waals surface area (Å²) >= 11 is 0. The van der Waals surface area contributed by atoms with Gasteiger partial charge in [0, 0.05) is 12.7 Å². The van der Waals surface area contributed by atoms with E-state index >= 15 is 0 Å². The van der Waals surface area contributed by atoms with Crippen molar-refractivity contribution in [3.8, 4) is 0 Å². The summed E-state index contributed by atoms with van der Waals surface area (Å²) in [7, 11) is 0. The molecular formula is C15H19N3. The Kier molecular flexibility index (Phi) is 4.18. The summed E-state index contributed by atoms with van der Waals surface area (Å²) in [5.74, 6) is 0.549. The number of hydrogen-bond donors (Lipinski definition) is 2. The van der Waals surface area contributed by atoms with Crippen LogP contribution in [-0.4, -0.2) is 11.5 Å². The van der Waals surface area contributed by atoms with Gasteiger partial charge in [-0.05, 0) is 24.0 Å². The van der Waals surface area contributed by atoms with Crippen molar-refractivity contribution >= 4 is 11.4 Å². The zero-order chi connectivity index (χ0) is 12.8. The highest BCUT2D eigenvalue weighted by atomic mass is 14.9. The number of nitrogens with one attached hydrogen (secondary N) is 1. The molecule has 3 N–H and O–H groups in total. The normalized spacial score (nSPS) is 12.1. The second-order valence-electron chi connectivity index (χ2n) is 4.53. The van der Waals surface area contributed by atoms with Gasteiger partial charge in [-0.15, -0.1) is 0 Å². The average Bonchev–Trinajstić information content (AvgIpc) is 2.40. The number of hydrogen-bond acceptors (Lipinski definition) is 3. The summed E-state index contributed by atoms with van der Waals surface area (Å²) in [5, 5.41) is 3.34. The molecule has 18 heavy (non-hydrogen) atoms. The van der Waals surface area contributed by atoms with Crippen LogP contribution in [0.15, 0.2) is 48.8 Å². The zero-order valence-corrected chi connectivity index (χ0v) is 10.6. The first-order chi connectivity index (χ1) is 8.75. The van der Waals surface area contributed by atoms with Crippen molar-refractivity contribution in [2.75, 3.05) is 17.6 Å². The third-order valence-corrected chi connectivity index (χ3v) is 3.03. The molecule has 0 saturated carbocycles. The van der Waals surface area contributed by atoms with Crippen LogP contribution in [0.5, 0.6) is 0 Å². The lowest BCUT2D eigenvalue weighted by atomic mass is 9.98. The van der Waals surface area contributed by atoms with E-state index in [1.54, 1.807) is 12.4 Å². The highest BCUT2D eigenvalue weighted by Crippen LogP contribution is 2.18. The molecule has 94 valence electrons. The Balaban J connectivity index is 1.82. The lowest BCUT2D eigenvalue weighted by Gasteiger charge is -2.13. The first-order valence-corrected chi connectivity index (χ1v) is 6.25. The largest absolute Gasteiger partial charge is 0.397 e. The zero-order valence-electron chi connectivity index (χ0n) is 10.6. The number of benzene rings is 1. The quantitative estimate of drug-likeness (QED) is 0.844. The van der Waals surface area contributed by atoms with Gasteiger partial charge in [0.25, 0.3) is 0 Å². The van der Waals surface area contributed by atoms with Crippen molar-refractivity contribution in [1.29, 1.82) is 0 Å². The molecule has 0 radical (unpaired) electrons. The number of nitrogen functional groups attached to an aromatic ring is 1. The summed E-state index contributed by atoms with van der Waals surface area (Å²) in [4.78, 5) is 4.05. The van der Waals surface area contributed by atoms with E-state index < -0.39 is 0 Å². The van der Waals surface area contributed by atoms with Crippen LogP contribution in [0.4, 0.5) is 11.4 Å². The molecule has 0 fully saturated rings. The molecule has 0 amide bonds. The third-order valence-electron chi connectivity index (χ3n) is 3.03. The van der Waals surface area contributed by atoms with Gasteiger partial charge in [-0.1, -0.05) is 37.3 Å². The molecule has 1 aromatic heterocycles. The summed E-state index contributed by atoms with van der Waals surface area (Å²) < 4.78 is 0. The molecule has 3 nitrogen and oxygen atoms in total. The molecule has 1 heterocycles. The van der Waals surface area contributed by atoms with Crippen LogP contribution in [0, 0.1) is 0 Å². The SMILES string of the molecule is CC(CCNc1cncc(N)c1)c1ccccc1. The average molecular weight is 241 g/mol. The van der Waals surface area contributed by atoms with Gasteiger partial charge in [0.15, 0.2) is 0 Å². The fourth-order valence-corrected chi connectivity index (χ4v) is 1.94. The van der Waals surface area contributed by atoms with E-state index in [-0.39, 0.29) is 0 Å². The Morgan fingerprint density at radius 1 is 1.22 bits per heavy atom. The second-order valence-corrected chi connectivity index (χ2v) is 4.53. The Bertz CT molecular complexity index is 482. The molecule has 0 saturated heterocycles. The standard InChI is InChI=1S/C15H19N3/c1-12(13-5-3-2-4-6-13)7-8-18-15-9-14(16)10-17-11-15/h2-6,9-12,18H,7-8,16H2,1H3. The molecule has 0 aliphatic heterocycles. The van der Waals surface area contributed by atoms with Crippen molar-refractivity contribution in [2.24, 2.45) is 0 Å². The van der Waals surface area contributed by atoms with E-state index in [1.807, 2.05) is 12.1 Å². The number of rotatable bonds is 5. The second kappa shape index (κ2) is 6.05. The van der Waals surface area contributed by atoms with Gasteiger partial charge in [0.1, 0.15) is 0 Å². The minimum atomic E-state index is 0.549. The minimum absolute atomic E-state index is 0.549. The van der Waals surface area contributed by atoms with E-state index in [0.717, 1.165) is 18.7 Å².